The Morgan fingerprint density at radius 1 is 1.32 bits per heavy atom. The van der Waals surface area contributed by atoms with Crippen molar-refractivity contribution in [3.05, 3.63) is 30.7 Å². The number of pyridine rings is 1. The van der Waals surface area contributed by atoms with E-state index in [9.17, 15) is 8.42 Å². The van der Waals surface area contributed by atoms with Gasteiger partial charge < -0.3 is 5.73 Å². The smallest absolute Gasteiger partial charge is 0.263 e. The van der Waals surface area contributed by atoms with Crippen LogP contribution in [0.4, 0.5) is 11.5 Å². The standard InChI is InChI=1S/C11H15N5O2S/c1-8(2)16-7-9(5-14-16)15-19(17,18)10-3-4-11(12)13-6-10/h3-8,15H,1-2H3,(H2,12,13). The molecule has 0 unspecified atom stereocenters. The number of nitrogens with one attached hydrogen (secondary N) is 1. The highest BCUT2D eigenvalue weighted by Gasteiger charge is 2.15. The number of hydrogen-bond donors (Lipinski definition) is 2. The van der Waals surface area contributed by atoms with E-state index < -0.39 is 10.0 Å². The summed E-state index contributed by atoms with van der Waals surface area (Å²) < 4.78 is 28.2. The fourth-order valence-corrected chi connectivity index (χ4v) is 2.41. The second kappa shape index (κ2) is 4.88. The third-order valence-corrected chi connectivity index (χ3v) is 3.82. The maximum atomic E-state index is 12.1. The quantitative estimate of drug-likeness (QED) is 0.877. The fourth-order valence-electron chi connectivity index (χ4n) is 1.44. The molecule has 0 fully saturated rings. The molecule has 0 amide bonds. The monoisotopic (exact) mass is 281 g/mol. The lowest BCUT2D eigenvalue weighted by Crippen LogP contribution is -2.13. The summed E-state index contributed by atoms with van der Waals surface area (Å²) in [5.74, 6) is 0.270. The number of sulfonamides is 1. The highest BCUT2D eigenvalue weighted by Crippen LogP contribution is 2.16. The van der Waals surface area contributed by atoms with Gasteiger partial charge in [-0.25, -0.2) is 13.4 Å². The van der Waals surface area contributed by atoms with Gasteiger partial charge in [0.05, 0.1) is 11.9 Å². The lowest BCUT2D eigenvalue weighted by atomic mass is 10.4. The summed E-state index contributed by atoms with van der Waals surface area (Å²) in [6, 6.07) is 3.00. The molecular weight excluding hydrogens is 266 g/mol. The molecule has 8 heteroatoms. The number of nitrogen functional groups attached to an aromatic ring is 1. The molecule has 0 atom stereocenters. The zero-order chi connectivity index (χ0) is 14.0. The molecule has 7 nitrogen and oxygen atoms in total. The van der Waals surface area contributed by atoms with E-state index in [1.54, 1.807) is 10.9 Å². The van der Waals surface area contributed by atoms with Gasteiger partial charge in [-0.3, -0.25) is 9.40 Å². The molecule has 0 radical (unpaired) electrons. The molecule has 2 rings (SSSR count). The molecule has 3 N–H and O–H groups in total. The van der Waals surface area contributed by atoms with Crippen LogP contribution in [0.5, 0.6) is 0 Å². The number of aromatic nitrogens is 3. The second-order valence-corrected chi connectivity index (χ2v) is 6.01. The van der Waals surface area contributed by atoms with Gasteiger partial charge in [-0.2, -0.15) is 5.10 Å². The van der Waals surface area contributed by atoms with Crippen molar-refractivity contribution in [2.45, 2.75) is 24.8 Å². The summed E-state index contributed by atoms with van der Waals surface area (Å²) in [4.78, 5) is 3.81. The van der Waals surface area contributed by atoms with Gasteiger partial charge in [0.15, 0.2) is 0 Å². The van der Waals surface area contributed by atoms with Crippen LogP contribution >= 0.6 is 0 Å². The molecule has 2 heterocycles. The average molecular weight is 281 g/mol. The third kappa shape index (κ3) is 3.02. The van der Waals surface area contributed by atoms with E-state index in [0.29, 0.717) is 5.69 Å². The van der Waals surface area contributed by atoms with Gasteiger partial charge in [0.25, 0.3) is 10.0 Å². The zero-order valence-corrected chi connectivity index (χ0v) is 11.4. The van der Waals surface area contributed by atoms with Crippen LogP contribution in [0.25, 0.3) is 0 Å². The Balaban J connectivity index is 2.23. The maximum Gasteiger partial charge on any atom is 0.263 e. The number of hydrogen-bond acceptors (Lipinski definition) is 5. The fraction of sp³-hybridized carbons (Fsp3) is 0.273. The van der Waals surface area contributed by atoms with Gasteiger partial charge in [0, 0.05) is 18.4 Å². The maximum absolute atomic E-state index is 12.1. The molecule has 0 aliphatic carbocycles. The Morgan fingerprint density at radius 3 is 2.58 bits per heavy atom. The Morgan fingerprint density at radius 2 is 2.05 bits per heavy atom. The van der Waals surface area contributed by atoms with Crippen molar-refractivity contribution in [1.82, 2.24) is 14.8 Å². The summed E-state index contributed by atoms with van der Waals surface area (Å²) in [6.07, 6.45) is 4.31. The van der Waals surface area contributed by atoms with Gasteiger partial charge in [-0.05, 0) is 26.0 Å². The highest BCUT2D eigenvalue weighted by atomic mass is 32.2. The van der Waals surface area contributed by atoms with Gasteiger partial charge in [-0.15, -0.1) is 0 Å². The minimum atomic E-state index is -3.66. The molecule has 0 spiro atoms. The predicted molar refractivity (Wildman–Crippen MR) is 72.1 cm³/mol. The molecular formula is C11H15N5O2S. The number of nitrogens with zero attached hydrogens (tertiary/aromatic N) is 3. The van der Waals surface area contributed by atoms with Crippen molar-refractivity contribution in [3.63, 3.8) is 0 Å². The van der Waals surface area contributed by atoms with Crippen LogP contribution in [0.1, 0.15) is 19.9 Å². The van der Waals surface area contributed by atoms with Gasteiger partial charge in [0.2, 0.25) is 0 Å². The van der Waals surface area contributed by atoms with Crippen molar-refractivity contribution >= 4 is 21.5 Å². The van der Waals surface area contributed by atoms with E-state index >= 15 is 0 Å². The number of anilines is 2. The molecule has 2 aromatic heterocycles. The Hall–Kier alpha value is -2.09. The third-order valence-electron chi connectivity index (χ3n) is 2.45. The Kier molecular flexibility index (Phi) is 3.43. The van der Waals surface area contributed by atoms with E-state index in [1.807, 2.05) is 13.8 Å². The van der Waals surface area contributed by atoms with Crippen LogP contribution in [0.3, 0.4) is 0 Å². The summed E-state index contributed by atoms with van der Waals surface area (Å²) in [5, 5.41) is 4.06. The molecule has 0 aromatic carbocycles. The molecule has 102 valence electrons. The van der Waals surface area contributed by atoms with Crippen LogP contribution in [0, 0.1) is 0 Å². The van der Waals surface area contributed by atoms with Crippen LogP contribution in [0.2, 0.25) is 0 Å². The average Bonchev–Trinajstić information content (AvgIpc) is 2.77. The van der Waals surface area contributed by atoms with E-state index in [1.165, 1.54) is 24.5 Å². The van der Waals surface area contributed by atoms with E-state index in [-0.39, 0.29) is 16.8 Å². The molecule has 0 saturated heterocycles. The van der Waals surface area contributed by atoms with Crippen LogP contribution in [-0.2, 0) is 10.0 Å². The second-order valence-electron chi connectivity index (χ2n) is 4.33. The van der Waals surface area contributed by atoms with Crippen molar-refractivity contribution < 1.29 is 8.42 Å². The molecule has 0 aliphatic rings. The van der Waals surface area contributed by atoms with Crippen LogP contribution in [0.15, 0.2) is 35.6 Å². The lowest BCUT2D eigenvalue weighted by molar-refractivity contribution is 0.532. The molecule has 0 aliphatic heterocycles. The van der Waals surface area contributed by atoms with Gasteiger partial charge in [0.1, 0.15) is 10.7 Å². The van der Waals surface area contributed by atoms with Gasteiger partial charge >= 0.3 is 0 Å². The van der Waals surface area contributed by atoms with Crippen molar-refractivity contribution in [3.8, 4) is 0 Å². The van der Waals surface area contributed by atoms with Crippen molar-refractivity contribution in [1.29, 1.82) is 0 Å². The summed E-state index contributed by atoms with van der Waals surface area (Å²) in [5.41, 5.74) is 5.83. The molecule has 0 bridgehead atoms. The van der Waals surface area contributed by atoms with Crippen molar-refractivity contribution in [2.75, 3.05) is 10.5 Å². The normalized spacial score (nSPS) is 11.7. The number of rotatable bonds is 4. The number of nitrogens with two attached hydrogens (primary N) is 1. The summed E-state index contributed by atoms with van der Waals surface area (Å²) in [6.45, 7) is 3.91. The van der Waals surface area contributed by atoms with E-state index in [4.69, 9.17) is 5.73 Å². The predicted octanol–water partition coefficient (Wildman–Crippen LogP) is 1.24. The van der Waals surface area contributed by atoms with Crippen LogP contribution < -0.4 is 10.5 Å². The minimum absolute atomic E-state index is 0.0546. The topological polar surface area (TPSA) is 103 Å². The summed E-state index contributed by atoms with van der Waals surface area (Å²) >= 11 is 0. The summed E-state index contributed by atoms with van der Waals surface area (Å²) in [7, 11) is -3.66. The molecule has 2 aromatic rings. The minimum Gasteiger partial charge on any atom is -0.384 e. The SMILES string of the molecule is CC(C)n1cc(NS(=O)(=O)c2ccc(N)nc2)cn1. The first kappa shape index (κ1) is 13.3. The van der Waals surface area contributed by atoms with E-state index in [2.05, 4.69) is 14.8 Å². The first-order valence-corrected chi connectivity index (χ1v) is 7.15. The van der Waals surface area contributed by atoms with Crippen LogP contribution in [-0.4, -0.2) is 23.2 Å². The largest absolute Gasteiger partial charge is 0.384 e. The Labute approximate surface area is 111 Å². The first-order chi connectivity index (χ1) is 8.88. The highest BCUT2D eigenvalue weighted by molar-refractivity contribution is 7.92. The lowest BCUT2D eigenvalue weighted by Gasteiger charge is -2.06. The van der Waals surface area contributed by atoms with Gasteiger partial charge in [-0.1, -0.05) is 0 Å². The first-order valence-electron chi connectivity index (χ1n) is 5.67. The molecule has 0 saturated carbocycles. The Bertz CT molecular complexity index is 661. The van der Waals surface area contributed by atoms with Crippen molar-refractivity contribution in [2.24, 2.45) is 0 Å². The van der Waals surface area contributed by atoms with E-state index in [0.717, 1.165) is 0 Å². The molecule has 19 heavy (non-hydrogen) atoms. The zero-order valence-electron chi connectivity index (χ0n) is 10.6.